The lowest BCUT2D eigenvalue weighted by atomic mass is 10.0. The van der Waals surface area contributed by atoms with Gasteiger partial charge in [-0.1, -0.05) is 0 Å². The molecule has 1 aromatic carbocycles. The molecule has 128 valence electrons. The summed E-state index contributed by atoms with van der Waals surface area (Å²) in [5.41, 5.74) is 1.08. The van der Waals surface area contributed by atoms with Gasteiger partial charge in [-0.15, -0.1) is 0 Å². The van der Waals surface area contributed by atoms with Crippen molar-refractivity contribution in [3.8, 4) is 17.4 Å². The minimum absolute atomic E-state index is 0.0923. The minimum atomic E-state index is 0.0923. The highest BCUT2D eigenvalue weighted by atomic mass is 16.5. The maximum Gasteiger partial charge on any atom is 0.218 e. The molecule has 0 amide bonds. The minimum Gasteiger partial charge on any atom is -0.497 e. The standard InChI is InChI=1S/C17H21N3O4/c1-21-10-16-19-15(9-17(20-16)23-3)18-13-6-7-24-14-8-11(22-2)4-5-12(13)14/h4-5,8-9,13H,6-7,10H2,1-3H3,(H,18,19,20). The third-order valence-electron chi connectivity index (χ3n) is 3.81. The Bertz CT molecular complexity index is 708. The fraction of sp³-hybridized carbons (Fsp3) is 0.412. The van der Waals surface area contributed by atoms with E-state index in [9.17, 15) is 0 Å². The molecule has 0 saturated carbocycles. The van der Waals surface area contributed by atoms with Crippen molar-refractivity contribution in [1.82, 2.24) is 9.97 Å². The van der Waals surface area contributed by atoms with Gasteiger partial charge in [0.25, 0.3) is 0 Å². The Labute approximate surface area is 140 Å². The summed E-state index contributed by atoms with van der Waals surface area (Å²) in [4.78, 5) is 8.74. The first-order chi connectivity index (χ1) is 11.7. The van der Waals surface area contributed by atoms with E-state index < -0.39 is 0 Å². The highest BCUT2D eigenvalue weighted by molar-refractivity contribution is 5.48. The van der Waals surface area contributed by atoms with Crippen molar-refractivity contribution in [2.24, 2.45) is 0 Å². The van der Waals surface area contributed by atoms with Crippen molar-refractivity contribution in [2.45, 2.75) is 19.1 Å². The maximum absolute atomic E-state index is 5.74. The van der Waals surface area contributed by atoms with Crippen molar-refractivity contribution >= 4 is 5.82 Å². The summed E-state index contributed by atoms with van der Waals surface area (Å²) in [5.74, 6) is 3.38. The Hall–Kier alpha value is -2.54. The van der Waals surface area contributed by atoms with Crippen LogP contribution in [-0.4, -0.2) is 37.9 Å². The third-order valence-corrected chi connectivity index (χ3v) is 3.81. The summed E-state index contributed by atoms with van der Waals surface area (Å²) in [6.07, 6.45) is 0.839. The lowest BCUT2D eigenvalue weighted by Gasteiger charge is -2.27. The van der Waals surface area contributed by atoms with Crippen LogP contribution in [-0.2, 0) is 11.3 Å². The van der Waals surface area contributed by atoms with Crippen LogP contribution in [0.15, 0.2) is 24.3 Å². The van der Waals surface area contributed by atoms with Gasteiger partial charge in [-0.3, -0.25) is 0 Å². The first-order valence-electron chi connectivity index (χ1n) is 7.71. The van der Waals surface area contributed by atoms with E-state index in [1.807, 2.05) is 18.2 Å². The van der Waals surface area contributed by atoms with Crippen LogP contribution in [0.5, 0.6) is 17.4 Å². The second-order valence-electron chi connectivity index (χ2n) is 5.38. The van der Waals surface area contributed by atoms with Crippen LogP contribution < -0.4 is 19.5 Å². The molecule has 0 saturated heterocycles. The number of anilines is 1. The molecule has 2 aromatic rings. The van der Waals surface area contributed by atoms with Gasteiger partial charge in [-0.25, -0.2) is 4.98 Å². The van der Waals surface area contributed by atoms with Crippen LogP contribution in [0.1, 0.15) is 23.9 Å². The molecule has 1 aromatic heterocycles. The Morgan fingerprint density at radius 1 is 1.17 bits per heavy atom. The number of hydrogen-bond donors (Lipinski definition) is 1. The Kier molecular flexibility index (Phi) is 5.00. The van der Waals surface area contributed by atoms with Crippen molar-refractivity contribution in [3.63, 3.8) is 0 Å². The molecule has 7 nitrogen and oxygen atoms in total. The molecule has 0 spiro atoms. The summed E-state index contributed by atoms with van der Waals surface area (Å²) in [7, 11) is 4.83. The van der Waals surface area contributed by atoms with Crippen LogP contribution in [0.25, 0.3) is 0 Å². The summed E-state index contributed by atoms with van der Waals surface area (Å²) >= 11 is 0. The molecular formula is C17H21N3O4. The monoisotopic (exact) mass is 331 g/mol. The molecule has 0 radical (unpaired) electrons. The van der Waals surface area contributed by atoms with Gasteiger partial charge in [0.05, 0.1) is 26.9 Å². The normalized spacial score (nSPS) is 16.0. The van der Waals surface area contributed by atoms with Crippen LogP contribution >= 0.6 is 0 Å². The summed E-state index contributed by atoms with van der Waals surface area (Å²) in [5, 5.41) is 3.44. The van der Waals surface area contributed by atoms with E-state index in [-0.39, 0.29) is 6.04 Å². The van der Waals surface area contributed by atoms with Crippen molar-refractivity contribution in [2.75, 3.05) is 33.3 Å². The zero-order chi connectivity index (χ0) is 16.9. The van der Waals surface area contributed by atoms with E-state index in [0.29, 0.717) is 30.7 Å². The van der Waals surface area contributed by atoms with Crippen molar-refractivity contribution in [3.05, 3.63) is 35.7 Å². The zero-order valence-corrected chi connectivity index (χ0v) is 14.0. The number of nitrogens with one attached hydrogen (secondary N) is 1. The van der Waals surface area contributed by atoms with Crippen molar-refractivity contribution in [1.29, 1.82) is 0 Å². The second-order valence-corrected chi connectivity index (χ2v) is 5.38. The highest BCUT2D eigenvalue weighted by Crippen LogP contribution is 2.36. The lowest BCUT2D eigenvalue weighted by molar-refractivity contribution is 0.177. The van der Waals surface area contributed by atoms with Gasteiger partial charge in [-0.2, -0.15) is 4.98 Å². The number of ether oxygens (including phenoxy) is 4. The number of nitrogens with zero attached hydrogens (tertiary/aromatic N) is 2. The largest absolute Gasteiger partial charge is 0.497 e. The van der Waals surface area contributed by atoms with E-state index >= 15 is 0 Å². The summed E-state index contributed by atoms with van der Waals surface area (Å²) in [6, 6.07) is 7.71. The first kappa shape index (κ1) is 16.3. The fourth-order valence-electron chi connectivity index (χ4n) is 2.67. The number of hydrogen-bond acceptors (Lipinski definition) is 7. The van der Waals surface area contributed by atoms with E-state index in [1.54, 1.807) is 27.4 Å². The van der Waals surface area contributed by atoms with Crippen molar-refractivity contribution < 1.29 is 18.9 Å². The SMILES string of the molecule is COCc1nc(NC2CCOc3cc(OC)ccc32)cc(OC)n1. The maximum atomic E-state index is 5.74. The molecule has 3 rings (SSSR count). The number of rotatable bonds is 6. The van der Waals surface area contributed by atoms with Crippen LogP contribution in [0.2, 0.25) is 0 Å². The lowest BCUT2D eigenvalue weighted by Crippen LogP contribution is -2.21. The third kappa shape index (κ3) is 3.51. The molecule has 0 aliphatic carbocycles. The predicted molar refractivity (Wildman–Crippen MR) is 88.8 cm³/mol. The van der Waals surface area contributed by atoms with E-state index in [1.165, 1.54) is 0 Å². The van der Waals surface area contributed by atoms with E-state index in [0.717, 1.165) is 23.5 Å². The van der Waals surface area contributed by atoms with Gasteiger partial charge in [0.1, 0.15) is 23.9 Å². The molecule has 1 atom stereocenters. The fourth-order valence-corrected chi connectivity index (χ4v) is 2.67. The number of fused-ring (bicyclic) bond motifs is 1. The number of aromatic nitrogens is 2. The molecule has 0 bridgehead atoms. The molecular weight excluding hydrogens is 310 g/mol. The number of methoxy groups -OCH3 is 3. The van der Waals surface area contributed by atoms with Gasteiger partial charge in [0, 0.05) is 31.2 Å². The highest BCUT2D eigenvalue weighted by Gasteiger charge is 2.22. The molecule has 1 aliphatic heterocycles. The Balaban J connectivity index is 1.86. The van der Waals surface area contributed by atoms with Gasteiger partial charge < -0.3 is 24.3 Å². The number of benzene rings is 1. The average molecular weight is 331 g/mol. The Morgan fingerprint density at radius 3 is 2.79 bits per heavy atom. The average Bonchev–Trinajstić information content (AvgIpc) is 2.61. The topological polar surface area (TPSA) is 74.7 Å². The van der Waals surface area contributed by atoms with E-state index in [4.69, 9.17) is 18.9 Å². The second kappa shape index (κ2) is 7.35. The predicted octanol–water partition coefficient (Wildman–Crippen LogP) is 2.58. The Morgan fingerprint density at radius 2 is 2.04 bits per heavy atom. The molecule has 1 unspecified atom stereocenters. The summed E-state index contributed by atoms with van der Waals surface area (Å²) in [6.45, 7) is 0.957. The van der Waals surface area contributed by atoms with Crippen LogP contribution in [0.3, 0.4) is 0 Å². The first-order valence-corrected chi connectivity index (χ1v) is 7.71. The van der Waals surface area contributed by atoms with Crippen LogP contribution in [0.4, 0.5) is 5.82 Å². The zero-order valence-electron chi connectivity index (χ0n) is 14.0. The van der Waals surface area contributed by atoms with Gasteiger partial charge in [0.2, 0.25) is 5.88 Å². The molecule has 2 heterocycles. The van der Waals surface area contributed by atoms with Gasteiger partial charge in [0.15, 0.2) is 5.82 Å². The molecule has 1 aliphatic rings. The van der Waals surface area contributed by atoms with E-state index in [2.05, 4.69) is 15.3 Å². The quantitative estimate of drug-likeness (QED) is 0.872. The molecule has 24 heavy (non-hydrogen) atoms. The molecule has 0 fully saturated rings. The smallest absolute Gasteiger partial charge is 0.218 e. The van der Waals surface area contributed by atoms with Gasteiger partial charge >= 0.3 is 0 Å². The molecule has 7 heteroatoms. The van der Waals surface area contributed by atoms with Gasteiger partial charge in [-0.05, 0) is 12.1 Å². The molecule has 1 N–H and O–H groups in total. The van der Waals surface area contributed by atoms with Crippen LogP contribution in [0, 0.1) is 0 Å². The summed E-state index contributed by atoms with van der Waals surface area (Å²) < 4.78 is 21.4.